The highest BCUT2D eigenvalue weighted by molar-refractivity contribution is 7.92. The summed E-state index contributed by atoms with van der Waals surface area (Å²) in [6.45, 7) is 1.44. The highest BCUT2D eigenvalue weighted by Gasteiger charge is 2.16. The molecule has 6 heteroatoms. The fourth-order valence-electron chi connectivity index (χ4n) is 2.87. The third-order valence-corrected chi connectivity index (χ3v) is 5.60. The first-order chi connectivity index (χ1) is 12.4. The zero-order valence-corrected chi connectivity index (χ0v) is 14.7. The number of anilines is 1. The number of rotatable bonds is 4. The Hall–Kier alpha value is -3.12. The van der Waals surface area contributed by atoms with Crippen LogP contribution in [-0.2, 0) is 10.0 Å². The summed E-state index contributed by atoms with van der Waals surface area (Å²) in [5, 5.41) is 1.77. The smallest absolute Gasteiger partial charge is 0.261 e. The number of hydrogen-bond donors (Lipinski definition) is 1. The molecule has 0 spiro atoms. The maximum atomic E-state index is 12.6. The van der Waals surface area contributed by atoms with Gasteiger partial charge in [-0.15, -0.1) is 0 Å². The van der Waals surface area contributed by atoms with Crippen LogP contribution in [0.1, 0.15) is 17.3 Å². The van der Waals surface area contributed by atoms with Crippen molar-refractivity contribution in [1.29, 1.82) is 0 Å². The minimum absolute atomic E-state index is 0.0969. The number of benzene rings is 3. The van der Waals surface area contributed by atoms with E-state index in [9.17, 15) is 13.2 Å². The van der Waals surface area contributed by atoms with E-state index in [4.69, 9.17) is 4.42 Å². The van der Waals surface area contributed by atoms with E-state index in [-0.39, 0.29) is 10.7 Å². The Labute approximate surface area is 150 Å². The van der Waals surface area contributed by atoms with Gasteiger partial charge in [0.2, 0.25) is 0 Å². The molecule has 1 N–H and O–H groups in total. The summed E-state index contributed by atoms with van der Waals surface area (Å²) in [6, 6.07) is 18.6. The number of hydrogen-bond acceptors (Lipinski definition) is 4. The van der Waals surface area contributed by atoms with Gasteiger partial charge >= 0.3 is 0 Å². The van der Waals surface area contributed by atoms with Crippen LogP contribution in [0, 0.1) is 0 Å². The van der Waals surface area contributed by atoms with Crippen molar-refractivity contribution in [2.45, 2.75) is 11.8 Å². The van der Waals surface area contributed by atoms with Crippen molar-refractivity contribution in [2.75, 3.05) is 4.72 Å². The van der Waals surface area contributed by atoms with E-state index in [1.54, 1.807) is 18.2 Å². The summed E-state index contributed by atoms with van der Waals surface area (Å²) in [6.07, 6.45) is 0. The molecular formula is C20H15NO4S. The Bertz CT molecular complexity index is 1240. The molecule has 0 amide bonds. The molecule has 0 aliphatic heterocycles. The van der Waals surface area contributed by atoms with E-state index >= 15 is 0 Å². The van der Waals surface area contributed by atoms with Crippen molar-refractivity contribution in [3.8, 4) is 0 Å². The molecule has 1 heterocycles. The fraction of sp³-hybridized carbons (Fsp3) is 0.0500. The lowest BCUT2D eigenvalue weighted by atomic mass is 10.1. The largest absolute Gasteiger partial charge is 0.456 e. The first kappa shape index (κ1) is 16.4. The maximum Gasteiger partial charge on any atom is 0.261 e. The molecule has 0 saturated carbocycles. The summed E-state index contributed by atoms with van der Waals surface area (Å²) < 4.78 is 33.5. The molecule has 0 aliphatic rings. The van der Waals surface area contributed by atoms with Crippen molar-refractivity contribution in [2.24, 2.45) is 0 Å². The molecule has 130 valence electrons. The molecule has 0 atom stereocenters. The van der Waals surface area contributed by atoms with Gasteiger partial charge in [0.05, 0.1) is 4.90 Å². The van der Waals surface area contributed by atoms with Gasteiger partial charge < -0.3 is 4.42 Å². The standard InChI is InChI=1S/C20H15NO4S/c1-13(22)14-6-9-16(10-7-14)26(23,24)21-15-8-11-20-18(12-15)17-4-2-3-5-19(17)25-20/h2-12,21H,1H3. The van der Waals surface area contributed by atoms with Gasteiger partial charge in [-0.05, 0) is 43.3 Å². The van der Waals surface area contributed by atoms with Crippen LogP contribution in [0.2, 0.25) is 0 Å². The topological polar surface area (TPSA) is 76.4 Å². The number of para-hydroxylation sites is 1. The summed E-state index contributed by atoms with van der Waals surface area (Å²) in [4.78, 5) is 11.4. The second-order valence-electron chi connectivity index (χ2n) is 6.00. The molecule has 0 bridgehead atoms. The Kier molecular flexibility index (Phi) is 3.77. The van der Waals surface area contributed by atoms with Gasteiger partial charge in [-0.25, -0.2) is 8.42 Å². The molecule has 0 fully saturated rings. The van der Waals surface area contributed by atoms with Crippen LogP contribution in [0.25, 0.3) is 21.9 Å². The van der Waals surface area contributed by atoms with E-state index in [1.165, 1.54) is 31.2 Å². The van der Waals surface area contributed by atoms with Crippen LogP contribution in [0.3, 0.4) is 0 Å². The number of sulfonamides is 1. The minimum atomic E-state index is -3.75. The molecule has 5 nitrogen and oxygen atoms in total. The van der Waals surface area contributed by atoms with Gasteiger partial charge in [-0.2, -0.15) is 0 Å². The van der Waals surface area contributed by atoms with Crippen molar-refractivity contribution >= 4 is 43.4 Å². The summed E-state index contributed by atoms with van der Waals surface area (Å²) in [5.74, 6) is -0.112. The van der Waals surface area contributed by atoms with Crippen molar-refractivity contribution < 1.29 is 17.6 Å². The average molecular weight is 365 g/mol. The highest BCUT2D eigenvalue weighted by atomic mass is 32.2. The first-order valence-corrected chi connectivity index (χ1v) is 9.47. The van der Waals surface area contributed by atoms with Crippen LogP contribution < -0.4 is 4.72 Å². The van der Waals surface area contributed by atoms with Crippen LogP contribution in [0.15, 0.2) is 76.0 Å². The van der Waals surface area contributed by atoms with E-state index in [1.807, 2.05) is 24.3 Å². The summed E-state index contributed by atoms with van der Waals surface area (Å²) in [5.41, 5.74) is 2.36. The van der Waals surface area contributed by atoms with Gasteiger partial charge in [-0.3, -0.25) is 9.52 Å². The lowest BCUT2D eigenvalue weighted by Gasteiger charge is -2.08. The number of carbonyl (C=O) groups is 1. The SMILES string of the molecule is CC(=O)c1ccc(S(=O)(=O)Nc2ccc3oc4ccccc4c3c2)cc1. The quantitative estimate of drug-likeness (QED) is 0.537. The molecule has 3 aromatic carbocycles. The minimum Gasteiger partial charge on any atom is -0.456 e. The predicted octanol–water partition coefficient (Wildman–Crippen LogP) is 4.59. The third-order valence-electron chi connectivity index (χ3n) is 4.20. The summed E-state index contributed by atoms with van der Waals surface area (Å²) in [7, 11) is -3.75. The summed E-state index contributed by atoms with van der Waals surface area (Å²) >= 11 is 0. The molecular weight excluding hydrogens is 350 g/mol. The molecule has 4 rings (SSSR count). The Morgan fingerprint density at radius 2 is 1.58 bits per heavy atom. The molecule has 1 aromatic heterocycles. The zero-order chi connectivity index (χ0) is 18.3. The van der Waals surface area contributed by atoms with Gasteiger partial charge in [0.15, 0.2) is 5.78 Å². The molecule has 0 unspecified atom stereocenters. The van der Waals surface area contributed by atoms with Crippen LogP contribution >= 0.6 is 0 Å². The number of furan rings is 1. The highest BCUT2D eigenvalue weighted by Crippen LogP contribution is 2.31. The number of ketones is 1. The molecule has 0 radical (unpaired) electrons. The van der Waals surface area contributed by atoms with E-state index in [0.717, 1.165) is 16.4 Å². The molecule has 26 heavy (non-hydrogen) atoms. The van der Waals surface area contributed by atoms with Gasteiger partial charge in [0.25, 0.3) is 10.0 Å². The van der Waals surface area contributed by atoms with Crippen molar-refractivity contribution in [3.63, 3.8) is 0 Å². The van der Waals surface area contributed by atoms with Crippen LogP contribution in [0.4, 0.5) is 5.69 Å². The van der Waals surface area contributed by atoms with E-state index in [0.29, 0.717) is 16.8 Å². The molecule has 0 aliphatic carbocycles. The first-order valence-electron chi connectivity index (χ1n) is 7.99. The van der Waals surface area contributed by atoms with Gasteiger partial charge in [0, 0.05) is 22.0 Å². The van der Waals surface area contributed by atoms with Crippen molar-refractivity contribution in [1.82, 2.24) is 0 Å². The normalized spacial score (nSPS) is 11.7. The maximum absolute atomic E-state index is 12.6. The second kappa shape index (κ2) is 6.00. The average Bonchev–Trinajstić information content (AvgIpc) is 2.99. The Morgan fingerprint density at radius 3 is 2.31 bits per heavy atom. The lowest BCUT2D eigenvalue weighted by Crippen LogP contribution is -2.13. The monoisotopic (exact) mass is 365 g/mol. The number of carbonyl (C=O) groups excluding carboxylic acids is 1. The lowest BCUT2D eigenvalue weighted by molar-refractivity contribution is 0.101. The number of nitrogens with one attached hydrogen (secondary N) is 1. The Balaban J connectivity index is 1.71. The number of fused-ring (bicyclic) bond motifs is 3. The molecule has 4 aromatic rings. The Morgan fingerprint density at radius 1 is 0.885 bits per heavy atom. The van der Waals surface area contributed by atoms with Gasteiger partial charge in [0.1, 0.15) is 11.2 Å². The second-order valence-corrected chi connectivity index (χ2v) is 7.68. The third kappa shape index (κ3) is 2.84. The van der Waals surface area contributed by atoms with Gasteiger partial charge in [-0.1, -0.05) is 30.3 Å². The van der Waals surface area contributed by atoms with E-state index in [2.05, 4.69) is 4.72 Å². The molecule has 0 saturated heterocycles. The zero-order valence-electron chi connectivity index (χ0n) is 13.9. The van der Waals surface area contributed by atoms with E-state index < -0.39 is 10.0 Å². The number of Topliss-reactive ketones (excluding diaryl/α,β-unsaturated/α-hetero) is 1. The fourth-order valence-corrected chi connectivity index (χ4v) is 3.92. The van der Waals surface area contributed by atoms with Crippen LogP contribution in [-0.4, -0.2) is 14.2 Å². The van der Waals surface area contributed by atoms with Crippen molar-refractivity contribution in [3.05, 3.63) is 72.3 Å². The van der Waals surface area contributed by atoms with Crippen LogP contribution in [0.5, 0.6) is 0 Å². The predicted molar refractivity (Wildman–Crippen MR) is 101 cm³/mol.